The van der Waals surface area contributed by atoms with Gasteiger partial charge in [0.05, 0.1) is 11.6 Å². The van der Waals surface area contributed by atoms with Crippen molar-refractivity contribution in [2.24, 2.45) is 28.1 Å². The Labute approximate surface area is 239 Å². The number of nitrogens with two attached hydrogens (primary N) is 3. The number of amides is 3. The first-order valence-electron chi connectivity index (χ1n) is 13.6. The summed E-state index contributed by atoms with van der Waals surface area (Å²) in [6.45, 7) is 4.29. The molecule has 42 heavy (non-hydrogen) atoms. The van der Waals surface area contributed by atoms with Gasteiger partial charge in [0.15, 0.2) is 5.96 Å². The molecule has 4 atom stereocenters. The number of benzene rings is 1. The van der Waals surface area contributed by atoms with E-state index in [1.807, 2.05) is 13.8 Å². The van der Waals surface area contributed by atoms with Crippen molar-refractivity contribution in [1.82, 2.24) is 10.2 Å². The fourth-order valence-corrected chi connectivity index (χ4v) is 4.74. The van der Waals surface area contributed by atoms with Crippen molar-refractivity contribution in [2.75, 3.05) is 18.4 Å². The molecule has 0 aliphatic carbocycles. The second-order valence-corrected chi connectivity index (χ2v) is 10.3. The number of alkyl halides is 3. The number of hydrogen-bond acceptors (Lipinski definition) is 7. The number of carbonyl (C=O) groups excluding carboxylic acids is 3. The van der Waals surface area contributed by atoms with E-state index in [2.05, 4.69) is 15.6 Å². The highest BCUT2D eigenvalue weighted by Crippen LogP contribution is 2.34. The van der Waals surface area contributed by atoms with Gasteiger partial charge in [0, 0.05) is 36.3 Å². The van der Waals surface area contributed by atoms with Crippen LogP contribution in [0.25, 0.3) is 11.0 Å². The lowest BCUT2D eigenvalue weighted by atomic mass is 9.98. The molecule has 1 fully saturated rings. The van der Waals surface area contributed by atoms with Crippen molar-refractivity contribution in [2.45, 2.75) is 70.3 Å². The minimum Gasteiger partial charge on any atom is -0.423 e. The summed E-state index contributed by atoms with van der Waals surface area (Å²) in [7, 11) is 0. The fraction of sp³-hybridized carbons (Fsp3) is 0.519. The number of hydrogen-bond donors (Lipinski definition) is 5. The minimum atomic E-state index is -4.79. The Morgan fingerprint density at radius 3 is 2.57 bits per heavy atom. The van der Waals surface area contributed by atoms with E-state index in [0.717, 1.165) is 12.1 Å². The van der Waals surface area contributed by atoms with Gasteiger partial charge >= 0.3 is 11.8 Å². The largest absolute Gasteiger partial charge is 0.423 e. The van der Waals surface area contributed by atoms with Crippen LogP contribution in [0, 0.1) is 5.92 Å². The predicted octanol–water partition coefficient (Wildman–Crippen LogP) is 1.65. The van der Waals surface area contributed by atoms with Crippen molar-refractivity contribution in [3.8, 4) is 0 Å². The van der Waals surface area contributed by atoms with Crippen molar-refractivity contribution in [3.05, 3.63) is 40.2 Å². The average molecular weight is 596 g/mol. The van der Waals surface area contributed by atoms with Gasteiger partial charge in [-0.1, -0.05) is 20.3 Å². The number of halogens is 3. The van der Waals surface area contributed by atoms with Crippen LogP contribution in [-0.2, 0) is 20.6 Å². The molecule has 0 bridgehead atoms. The van der Waals surface area contributed by atoms with Gasteiger partial charge in [-0.25, -0.2) is 4.79 Å². The number of nitrogens with one attached hydrogen (secondary N) is 2. The molecule has 3 rings (SSSR count). The Bertz CT molecular complexity index is 1390. The van der Waals surface area contributed by atoms with E-state index in [1.165, 1.54) is 11.0 Å². The van der Waals surface area contributed by atoms with Crippen LogP contribution in [-0.4, -0.2) is 59.8 Å². The van der Waals surface area contributed by atoms with E-state index in [9.17, 15) is 32.3 Å². The second kappa shape index (κ2) is 13.7. The smallest absolute Gasteiger partial charge is 0.417 e. The molecule has 0 radical (unpaired) electrons. The van der Waals surface area contributed by atoms with E-state index in [4.69, 9.17) is 21.6 Å². The Morgan fingerprint density at radius 2 is 1.93 bits per heavy atom. The Hall–Kier alpha value is -4.14. The molecular formula is C27H36F3N7O5. The lowest BCUT2D eigenvalue weighted by Crippen LogP contribution is -2.55. The first-order valence-corrected chi connectivity index (χ1v) is 13.6. The molecule has 2 aromatic rings. The molecule has 3 amide bonds. The van der Waals surface area contributed by atoms with Crippen molar-refractivity contribution < 1.29 is 32.0 Å². The number of carbonyl (C=O) groups is 3. The highest BCUT2D eigenvalue weighted by atomic mass is 19.4. The predicted molar refractivity (Wildman–Crippen MR) is 150 cm³/mol. The van der Waals surface area contributed by atoms with E-state index in [-0.39, 0.29) is 47.4 Å². The SMILES string of the molecule is CC[C@@H](C)[C@@H](N)C(=O)N1CCC[C@H]1C(=O)N[C@@H](CCCN=C(N)N)C(=O)Nc1ccc2c(C(F)(F)F)cc(=O)oc2c1. The molecule has 0 saturated carbocycles. The summed E-state index contributed by atoms with van der Waals surface area (Å²) in [4.78, 5) is 56.7. The third-order valence-electron chi connectivity index (χ3n) is 7.28. The van der Waals surface area contributed by atoms with Gasteiger partial charge in [0.25, 0.3) is 0 Å². The van der Waals surface area contributed by atoms with E-state index < -0.39 is 47.3 Å². The quantitative estimate of drug-likeness (QED) is 0.112. The molecular weight excluding hydrogens is 559 g/mol. The van der Waals surface area contributed by atoms with Gasteiger partial charge in [-0.05, 0) is 43.7 Å². The van der Waals surface area contributed by atoms with Gasteiger partial charge < -0.3 is 37.2 Å². The summed E-state index contributed by atoms with van der Waals surface area (Å²) in [5.74, 6) is -1.80. The molecule has 12 nitrogen and oxygen atoms in total. The van der Waals surface area contributed by atoms with Gasteiger partial charge in [0.1, 0.15) is 17.7 Å². The van der Waals surface area contributed by atoms with Crippen LogP contribution in [0.5, 0.6) is 0 Å². The number of rotatable bonds is 11. The van der Waals surface area contributed by atoms with Crippen LogP contribution in [0.3, 0.4) is 0 Å². The zero-order valence-electron chi connectivity index (χ0n) is 23.4. The molecule has 0 spiro atoms. The van der Waals surface area contributed by atoms with Crippen LogP contribution in [0.15, 0.2) is 38.5 Å². The van der Waals surface area contributed by atoms with Gasteiger partial charge in [0.2, 0.25) is 17.7 Å². The Morgan fingerprint density at radius 1 is 1.21 bits per heavy atom. The number of fused-ring (bicyclic) bond motifs is 1. The maximum absolute atomic E-state index is 13.4. The molecule has 8 N–H and O–H groups in total. The Balaban J connectivity index is 1.81. The molecule has 230 valence electrons. The topological polar surface area (TPSA) is 199 Å². The molecule has 0 unspecified atom stereocenters. The van der Waals surface area contributed by atoms with E-state index >= 15 is 0 Å². The van der Waals surface area contributed by atoms with Crippen LogP contribution in [0.2, 0.25) is 0 Å². The van der Waals surface area contributed by atoms with E-state index in [1.54, 1.807) is 0 Å². The maximum atomic E-state index is 13.4. The molecule has 15 heteroatoms. The minimum absolute atomic E-state index is 0.0376. The Kier molecular flexibility index (Phi) is 10.5. The second-order valence-electron chi connectivity index (χ2n) is 10.3. The van der Waals surface area contributed by atoms with Crippen LogP contribution in [0.1, 0.15) is 51.5 Å². The first-order chi connectivity index (χ1) is 19.7. The number of nitrogens with zero attached hydrogens (tertiary/aromatic N) is 2. The van der Waals surface area contributed by atoms with Crippen molar-refractivity contribution in [1.29, 1.82) is 0 Å². The summed E-state index contributed by atoms with van der Waals surface area (Å²) in [6, 6.07) is 1.04. The van der Waals surface area contributed by atoms with Crippen LogP contribution < -0.4 is 33.5 Å². The third-order valence-corrected chi connectivity index (χ3v) is 7.28. The fourth-order valence-electron chi connectivity index (χ4n) is 4.74. The van der Waals surface area contributed by atoms with Crippen molar-refractivity contribution in [3.63, 3.8) is 0 Å². The summed E-state index contributed by atoms with van der Waals surface area (Å²) < 4.78 is 45.1. The molecule has 1 saturated heterocycles. The van der Waals surface area contributed by atoms with E-state index in [0.29, 0.717) is 38.3 Å². The number of likely N-dealkylation sites (tertiary alicyclic amines) is 1. The summed E-state index contributed by atoms with van der Waals surface area (Å²) in [5.41, 5.74) is 14.1. The summed E-state index contributed by atoms with van der Waals surface area (Å²) in [5, 5.41) is 4.88. The van der Waals surface area contributed by atoms with Gasteiger partial charge in [-0.15, -0.1) is 0 Å². The average Bonchev–Trinajstić information content (AvgIpc) is 3.42. The molecule has 1 aliphatic heterocycles. The highest BCUT2D eigenvalue weighted by Gasteiger charge is 2.38. The first kappa shape index (κ1) is 32.4. The van der Waals surface area contributed by atoms with Crippen LogP contribution in [0.4, 0.5) is 18.9 Å². The molecule has 1 aromatic carbocycles. The zero-order valence-corrected chi connectivity index (χ0v) is 23.4. The maximum Gasteiger partial charge on any atom is 0.417 e. The monoisotopic (exact) mass is 595 g/mol. The summed E-state index contributed by atoms with van der Waals surface area (Å²) in [6.07, 6.45) is -2.74. The standard InChI is InChI=1S/C27H36F3N7O5/c1-3-14(2)22(31)25(41)37-11-5-7-19(37)24(40)36-18(6-4-10-34-26(32)33)23(39)35-15-8-9-16-17(27(28,29)30)13-21(38)42-20(16)12-15/h8-9,12-14,18-19,22H,3-7,10-11,31H2,1-2H3,(H,35,39)(H,36,40)(H4,32,33,34)/t14-,18+,19+,22-/m1/s1. The van der Waals surface area contributed by atoms with Crippen molar-refractivity contribution >= 4 is 40.3 Å². The highest BCUT2D eigenvalue weighted by molar-refractivity contribution is 6.00. The van der Waals surface area contributed by atoms with Crippen LogP contribution >= 0.6 is 0 Å². The zero-order chi connectivity index (χ0) is 31.2. The van der Waals surface area contributed by atoms with Gasteiger partial charge in [-0.3, -0.25) is 19.4 Å². The number of aliphatic imine (C=N–C) groups is 1. The molecule has 2 heterocycles. The van der Waals surface area contributed by atoms with Gasteiger partial charge in [-0.2, -0.15) is 13.2 Å². The lowest BCUT2D eigenvalue weighted by molar-refractivity contribution is -0.140. The molecule has 1 aliphatic rings. The molecule has 1 aromatic heterocycles. The number of anilines is 1. The summed E-state index contributed by atoms with van der Waals surface area (Å²) >= 11 is 0. The normalized spacial score (nSPS) is 17.4. The third kappa shape index (κ3) is 7.99. The number of guanidine groups is 1. The lowest BCUT2D eigenvalue weighted by Gasteiger charge is -2.30.